The van der Waals surface area contributed by atoms with Gasteiger partial charge in [-0.1, -0.05) is 30.3 Å². The lowest BCUT2D eigenvalue weighted by Gasteiger charge is -1.92. The van der Waals surface area contributed by atoms with Gasteiger partial charge in [-0.3, -0.25) is 13.8 Å². The highest BCUT2D eigenvalue weighted by molar-refractivity contribution is 7.80. The predicted molar refractivity (Wildman–Crippen MR) is 62.6 cm³/mol. The van der Waals surface area contributed by atoms with Crippen LogP contribution in [-0.4, -0.2) is 30.3 Å². The quantitative estimate of drug-likeness (QED) is 0.794. The molecule has 92 valence electrons. The van der Waals surface area contributed by atoms with Crippen LogP contribution in [0, 0.1) is 0 Å². The van der Waals surface area contributed by atoms with Crippen molar-refractivity contribution < 1.29 is 17.2 Å². The fourth-order valence-corrected chi connectivity index (χ4v) is 1.04. The molecule has 2 N–H and O–H groups in total. The molecule has 0 atom stereocenters. The Morgan fingerprint density at radius 1 is 1.24 bits per heavy atom. The SMILES string of the molecule is COS(=O)(=O)O.c1ccc(-c2cn[nH]c2)cc1. The van der Waals surface area contributed by atoms with Gasteiger partial charge in [0, 0.05) is 11.8 Å². The number of aromatic amines is 1. The van der Waals surface area contributed by atoms with Crippen LogP contribution in [0.3, 0.4) is 0 Å². The first-order valence-corrected chi connectivity index (χ1v) is 5.96. The summed E-state index contributed by atoms with van der Waals surface area (Å²) in [5.41, 5.74) is 2.33. The molecule has 1 heterocycles. The van der Waals surface area contributed by atoms with E-state index < -0.39 is 10.4 Å². The minimum atomic E-state index is -4.16. The maximum absolute atomic E-state index is 9.33. The molecule has 2 rings (SSSR count). The minimum Gasteiger partial charge on any atom is -0.285 e. The van der Waals surface area contributed by atoms with Crippen LogP contribution in [0.1, 0.15) is 0 Å². The van der Waals surface area contributed by atoms with Crippen molar-refractivity contribution in [2.45, 2.75) is 0 Å². The van der Waals surface area contributed by atoms with Gasteiger partial charge in [0.15, 0.2) is 0 Å². The first-order chi connectivity index (χ1) is 8.03. The molecule has 7 heteroatoms. The molecule has 0 spiro atoms. The molecule has 0 radical (unpaired) electrons. The molecule has 1 aromatic carbocycles. The van der Waals surface area contributed by atoms with Gasteiger partial charge in [-0.25, -0.2) is 0 Å². The highest BCUT2D eigenvalue weighted by Crippen LogP contribution is 2.15. The second-order valence-electron chi connectivity index (χ2n) is 2.95. The van der Waals surface area contributed by atoms with Crippen LogP contribution in [0.2, 0.25) is 0 Å². The minimum absolute atomic E-state index is 0.870. The van der Waals surface area contributed by atoms with Gasteiger partial charge in [0.2, 0.25) is 0 Å². The van der Waals surface area contributed by atoms with Crippen LogP contribution in [0.4, 0.5) is 0 Å². The van der Waals surface area contributed by atoms with Crippen molar-refractivity contribution in [1.82, 2.24) is 10.2 Å². The van der Waals surface area contributed by atoms with E-state index in [9.17, 15) is 8.42 Å². The average Bonchev–Trinajstić information content (AvgIpc) is 2.84. The second kappa shape index (κ2) is 6.14. The zero-order valence-electron chi connectivity index (χ0n) is 9.07. The maximum Gasteiger partial charge on any atom is 0.397 e. The van der Waals surface area contributed by atoms with Crippen LogP contribution in [0.15, 0.2) is 42.7 Å². The molecular weight excluding hydrogens is 244 g/mol. The lowest BCUT2D eigenvalue weighted by atomic mass is 10.1. The molecular formula is C10H12N2O4S. The summed E-state index contributed by atoms with van der Waals surface area (Å²) in [6.07, 6.45) is 3.70. The molecule has 0 aliphatic heterocycles. The number of hydrogen-bond acceptors (Lipinski definition) is 4. The van der Waals surface area contributed by atoms with Gasteiger partial charge in [0.25, 0.3) is 0 Å². The van der Waals surface area contributed by atoms with Gasteiger partial charge in [-0.2, -0.15) is 13.5 Å². The standard InChI is InChI=1S/C9H8N2.CH4O4S/c1-2-4-8(5-3-1)9-6-10-11-7-9;1-5-6(2,3)4/h1-7H,(H,10,11);1H3,(H,2,3,4). The first kappa shape index (κ1) is 13.4. The van der Waals surface area contributed by atoms with Gasteiger partial charge in [-0.05, 0) is 5.56 Å². The van der Waals surface area contributed by atoms with E-state index in [-0.39, 0.29) is 0 Å². The monoisotopic (exact) mass is 256 g/mol. The number of benzene rings is 1. The van der Waals surface area contributed by atoms with Gasteiger partial charge in [-0.15, -0.1) is 0 Å². The van der Waals surface area contributed by atoms with Gasteiger partial charge in [0.1, 0.15) is 0 Å². The Labute approximate surface area is 99.2 Å². The number of H-pyrrole nitrogens is 1. The Bertz CT molecular complexity index is 523. The summed E-state index contributed by atoms with van der Waals surface area (Å²) in [6, 6.07) is 10.2. The summed E-state index contributed by atoms with van der Waals surface area (Å²) in [5, 5.41) is 6.65. The molecule has 0 bridgehead atoms. The summed E-state index contributed by atoms with van der Waals surface area (Å²) in [6.45, 7) is 0. The molecule has 2 aromatic rings. The molecule has 0 saturated heterocycles. The van der Waals surface area contributed by atoms with Crippen molar-refractivity contribution in [2.24, 2.45) is 0 Å². The Balaban J connectivity index is 0.000000209. The van der Waals surface area contributed by atoms with Gasteiger partial charge < -0.3 is 0 Å². The third-order valence-corrected chi connectivity index (χ3v) is 2.24. The zero-order chi connectivity index (χ0) is 12.7. The Kier molecular flexibility index (Phi) is 4.83. The molecule has 0 fully saturated rings. The maximum atomic E-state index is 9.33. The number of nitrogens with zero attached hydrogens (tertiary/aromatic N) is 1. The fourth-order valence-electron chi connectivity index (χ4n) is 1.04. The zero-order valence-corrected chi connectivity index (χ0v) is 9.89. The van der Waals surface area contributed by atoms with Crippen molar-refractivity contribution in [3.63, 3.8) is 0 Å². The third-order valence-electron chi connectivity index (χ3n) is 1.82. The van der Waals surface area contributed by atoms with E-state index in [1.54, 1.807) is 0 Å². The van der Waals surface area contributed by atoms with E-state index in [0.29, 0.717) is 0 Å². The van der Waals surface area contributed by atoms with Crippen molar-refractivity contribution in [1.29, 1.82) is 0 Å². The van der Waals surface area contributed by atoms with Crippen LogP contribution < -0.4 is 0 Å². The van der Waals surface area contributed by atoms with Crippen molar-refractivity contribution in [3.8, 4) is 11.1 Å². The number of rotatable bonds is 2. The van der Waals surface area contributed by atoms with E-state index in [1.165, 1.54) is 5.56 Å². The normalized spacial score (nSPS) is 10.5. The second-order valence-corrected chi connectivity index (χ2v) is 4.14. The number of nitrogens with one attached hydrogen (secondary N) is 1. The molecule has 0 amide bonds. The Morgan fingerprint density at radius 2 is 1.82 bits per heavy atom. The average molecular weight is 256 g/mol. The Hall–Kier alpha value is -1.70. The Morgan fingerprint density at radius 3 is 2.24 bits per heavy atom. The summed E-state index contributed by atoms with van der Waals surface area (Å²) in [4.78, 5) is 0. The molecule has 1 aromatic heterocycles. The molecule has 6 nitrogen and oxygen atoms in total. The van der Waals surface area contributed by atoms with E-state index in [0.717, 1.165) is 12.7 Å². The highest BCUT2D eigenvalue weighted by atomic mass is 32.3. The van der Waals surface area contributed by atoms with Crippen molar-refractivity contribution in [3.05, 3.63) is 42.7 Å². The van der Waals surface area contributed by atoms with E-state index >= 15 is 0 Å². The summed E-state index contributed by atoms with van der Waals surface area (Å²) in [7, 11) is -3.29. The number of hydrogen-bond donors (Lipinski definition) is 2. The van der Waals surface area contributed by atoms with Gasteiger partial charge >= 0.3 is 10.4 Å². The van der Waals surface area contributed by atoms with Crippen LogP contribution in [-0.2, 0) is 14.6 Å². The lowest BCUT2D eigenvalue weighted by Crippen LogP contribution is -1.96. The topological polar surface area (TPSA) is 92.3 Å². The predicted octanol–water partition coefficient (Wildman–Crippen LogP) is 1.51. The van der Waals surface area contributed by atoms with Crippen LogP contribution in [0.25, 0.3) is 11.1 Å². The molecule has 0 saturated carbocycles. The van der Waals surface area contributed by atoms with E-state index in [4.69, 9.17) is 4.55 Å². The molecule has 0 aliphatic carbocycles. The largest absolute Gasteiger partial charge is 0.397 e. The smallest absolute Gasteiger partial charge is 0.285 e. The summed E-state index contributed by atoms with van der Waals surface area (Å²) < 4.78 is 29.7. The van der Waals surface area contributed by atoms with Crippen LogP contribution >= 0.6 is 0 Å². The number of aromatic nitrogens is 2. The van der Waals surface area contributed by atoms with E-state index in [2.05, 4.69) is 26.5 Å². The fraction of sp³-hybridized carbons (Fsp3) is 0.100. The lowest BCUT2D eigenvalue weighted by molar-refractivity contribution is 0.324. The molecule has 0 aliphatic rings. The summed E-state index contributed by atoms with van der Waals surface area (Å²) in [5.74, 6) is 0. The summed E-state index contributed by atoms with van der Waals surface area (Å²) >= 11 is 0. The van der Waals surface area contributed by atoms with Crippen molar-refractivity contribution in [2.75, 3.05) is 7.11 Å². The first-order valence-electron chi connectivity index (χ1n) is 4.60. The van der Waals surface area contributed by atoms with Gasteiger partial charge in [0.05, 0.1) is 13.3 Å². The van der Waals surface area contributed by atoms with Crippen molar-refractivity contribution >= 4 is 10.4 Å². The van der Waals surface area contributed by atoms with E-state index in [1.807, 2.05) is 30.6 Å². The molecule has 0 unspecified atom stereocenters. The van der Waals surface area contributed by atoms with Crippen LogP contribution in [0.5, 0.6) is 0 Å². The molecule has 17 heavy (non-hydrogen) atoms. The third kappa shape index (κ3) is 5.25. The highest BCUT2D eigenvalue weighted by Gasteiger charge is 1.94.